The normalized spacial score (nSPS) is 10.1. The van der Waals surface area contributed by atoms with Crippen molar-refractivity contribution in [2.45, 2.75) is 6.92 Å². The third kappa shape index (κ3) is 3.16. The SMILES string of the molecule is CC(=O)Nc1cccc(-c2cc(Cl)ccc2C(=O)O)c1. The fourth-order valence-electron chi connectivity index (χ4n) is 1.91. The molecule has 2 rings (SSSR count). The average Bonchev–Trinajstić information content (AvgIpc) is 2.37. The first kappa shape index (κ1) is 14.1. The molecule has 0 aliphatic rings. The van der Waals surface area contributed by atoms with Crippen molar-refractivity contribution in [1.29, 1.82) is 0 Å². The average molecular weight is 290 g/mol. The summed E-state index contributed by atoms with van der Waals surface area (Å²) in [5.41, 5.74) is 1.95. The largest absolute Gasteiger partial charge is 0.478 e. The van der Waals surface area contributed by atoms with Gasteiger partial charge < -0.3 is 10.4 Å². The van der Waals surface area contributed by atoms with E-state index in [2.05, 4.69) is 5.32 Å². The van der Waals surface area contributed by atoms with Crippen molar-refractivity contribution >= 4 is 29.2 Å². The minimum Gasteiger partial charge on any atom is -0.478 e. The summed E-state index contributed by atoms with van der Waals surface area (Å²) < 4.78 is 0. The lowest BCUT2D eigenvalue weighted by Gasteiger charge is -2.09. The van der Waals surface area contributed by atoms with Crippen LogP contribution in [0.2, 0.25) is 5.02 Å². The summed E-state index contributed by atoms with van der Waals surface area (Å²) in [6, 6.07) is 11.5. The Balaban J connectivity index is 2.53. The smallest absolute Gasteiger partial charge is 0.336 e. The number of carbonyl (C=O) groups is 2. The quantitative estimate of drug-likeness (QED) is 0.906. The van der Waals surface area contributed by atoms with E-state index in [0.29, 0.717) is 21.8 Å². The molecule has 4 nitrogen and oxygen atoms in total. The van der Waals surface area contributed by atoms with Gasteiger partial charge in [0.15, 0.2) is 0 Å². The standard InChI is InChI=1S/C15H12ClNO3/c1-9(18)17-12-4-2-3-10(7-12)14-8-11(16)5-6-13(14)15(19)20/h2-8H,1H3,(H,17,18)(H,19,20). The van der Waals surface area contributed by atoms with Gasteiger partial charge in [-0.25, -0.2) is 4.79 Å². The number of hydrogen-bond donors (Lipinski definition) is 2. The Hall–Kier alpha value is -2.33. The van der Waals surface area contributed by atoms with Gasteiger partial charge in [0.1, 0.15) is 0 Å². The van der Waals surface area contributed by atoms with Gasteiger partial charge in [0.2, 0.25) is 5.91 Å². The molecule has 2 aromatic rings. The van der Waals surface area contributed by atoms with Gasteiger partial charge in [0.05, 0.1) is 5.56 Å². The number of hydrogen-bond acceptors (Lipinski definition) is 2. The van der Waals surface area contributed by atoms with E-state index in [1.165, 1.54) is 19.1 Å². The van der Waals surface area contributed by atoms with Gasteiger partial charge in [-0.1, -0.05) is 23.7 Å². The number of nitrogens with one attached hydrogen (secondary N) is 1. The Morgan fingerprint density at radius 3 is 2.55 bits per heavy atom. The Morgan fingerprint density at radius 2 is 1.90 bits per heavy atom. The molecule has 5 heteroatoms. The molecule has 1 amide bonds. The van der Waals surface area contributed by atoms with E-state index in [0.717, 1.165) is 0 Å². The number of aromatic carboxylic acids is 1. The van der Waals surface area contributed by atoms with Crippen molar-refractivity contribution in [1.82, 2.24) is 0 Å². The van der Waals surface area contributed by atoms with Crippen LogP contribution in [-0.2, 0) is 4.79 Å². The molecule has 2 aromatic carbocycles. The van der Waals surface area contributed by atoms with Crippen LogP contribution in [0, 0.1) is 0 Å². The second kappa shape index (κ2) is 5.75. The Morgan fingerprint density at radius 1 is 1.15 bits per heavy atom. The molecule has 102 valence electrons. The molecule has 0 radical (unpaired) electrons. The van der Waals surface area contributed by atoms with Gasteiger partial charge in [-0.2, -0.15) is 0 Å². The second-order valence-electron chi connectivity index (χ2n) is 4.26. The van der Waals surface area contributed by atoms with Crippen LogP contribution in [0.25, 0.3) is 11.1 Å². The molecule has 0 spiro atoms. The lowest BCUT2D eigenvalue weighted by molar-refractivity contribution is -0.114. The van der Waals surface area contributed by atoms with E-state index in [1.54, 1.807) is 30.3 Å². The van der Waals surface area contributed by atoms with Crippen molar-refractivity contribution < 1.29 is 14.7 Å². The van der Waals surface area contributed by atoms with Crippen LogP contribution < -0.4 is 5.32 Å². The van der Waals surface area contributed by atoms with Crippen LogP contribution in [0.1, 0.15) is 17.3 Å². The third-order valence-corrected chi connectivity index (χ3v) is 2.94. The first-order chi connectivity index (χ1) is 9.47. The summed E-state index contributed by atoms with van der Waals surface area (Å²) in [5.74, 6) is -1.21. The number of halogens is 1. The molecular weight excluding hydrogens is 278 g/mol. The van der Waals surface area contributed by atoms with Crippen LogP contribution in [0.15, 0.2) is 42.5 Å². The molecule has 0 aliphatic carbocycles. The van der Waals surface area contributed by atoms with E-state index in [-0.39, 0.29) is 11.5 Å². The van der Waals surface area contributed by atoms with Crippen molar-refractivity contribution in [2.75, 3.05) is 5.32 Å². The first-order valence-electron chi connectivity index (χ1n) is 5.88. The highest BCUT2D eigenvalue weighted by atomic mass is 35.5. The monoisotopic (exact) mass is 289 g/mol. The zero-order valence-electron chi connectivity index (χ0n) is 10.7. The maximum Gasteiger partial charge on any atom is 0.336 e. The van der Waals surface area contributed by atoms with Crippen molar-refractivity contribution in [3.63, 3.8) is 0 Å². The summed E-state index contributed by atoms with van der Waals surface area (Å²) >= 11 is 5.93. The molecule has 0 bridgehead atoms. The summed E-state index contributed by atoms with van der Waals surface area (Å²) in [5, 5.41) is 12.3. The molecule has 0 heterocycles. The maximum absolute atomic E-state index is 11.3. The molecule has 20 heavy (non-hydrogen) atoms. The first-order valence-corrected chi connectivity index (χ1v) is 6.26. The van der Waals surface area contributed by atoms with Crippen LogP contribution in [0.4, 0.5) is 5.69 Å². The highest BCUT2D eigenvalue weighted by Crippen LogP contribution is 2.29. The number of carbonyl (C=O) groups excluding carboxylic acids is 1. The van der Waals surface area contributed by atoms with E-state index in [9.17, 15) is 14.7 Å². The van der Waals surface area contributed by atoms with E-state index in [4.69, 9.17) is 11.6 Å². The molecule has 2 N–H and O–H groups in total. The molecule has 0 saturated heterocycles. The van der Waals surface area contributed by atoms with Crippen molar-refractivity contribution in [2.24, 2.45) is 0 Å². The minimum atomic E-state index is -1.03. The number of rotatable bonds is 3. The minimum absolute atomic E-state index is 0.161. The Labute approximate surface area is 121 Å². The number of carboxylic acid groups (broad SMARTS) is 1. The zero-order valence-corrected chi connectivity index (χ0v) is 11.4. The maximum atomic E-state index is 11.3. The predicted octanol–water partition coefficient (Wildman–Crippen LogP) is 3.66. The van der Waals surface area contributed by atoms with E-state index >= 15 is 0 Å². The van der Waals surface area contributed by atoms with Crippen LogP contribution >= 0.6 is 11.6 Å². The van der Waals surface area contributed by atoms with Crippen LogP contribution in [0.3, 0.4) is 0 Å². The molecule has 0 saturated carbocycles. The van der Waals surface area contributed by atoms with Crippen molar-refractivity contribution in [3.05, 3.63) is 53.1 Å². The summed E-state index contributed by atoms with van der Waals surface area (Å²) in [6.45, 7) is 1.41. The predicted molar refractivity (Wildman–Crippen MR) is 78.2 cm³/mol. The van der Waals surface area contributed by atoms with Gasteiger partial charge in [0, 0.05) is 17.6 Å². The molecule has 0 atom stereocenters. The number of benzene rings is 2. The number of carboxylic acids is 1. The van der Waals surface area contributed by atoms with Gasteiger partial charge in [-0.05, 0) is 41.5 Å². The molecule has 0 aromatic heterocycles. The lowest BCUT2D eigenvalue weighted by Crippen LogP contribution is -2.05. The Kier molecular flexibility index (Phi) is 4.05. The fraction of sp³-hybridized carbons (Fsp3) is 0.0667. The van der Waals surface area contributed by atoms with E-state index in [1.807, 2.05) is 0 Å². The summed E-state index contributed by atoms with van der Waals surface area (Å²) in [6.07, 6.45) is 0. The van der Waals surface area contributed by atoms with Gasteiger partial charge in [-0.15, -0.1) is 0 Å². The van der Waals surface area contributed by atoms with Crippen LogP contribution in [0.5, 0.6) is 0 Å². The van der Waals surface area contributed by atoms with Gasteiger partial charge >= 0.3 is 5.97 Å². The second-order valence-corrected chi connectivity index (χ2v) is 4.69. The molecule has 0 unspecified atom stereocenters. The highest BCUT2D eigenvalue weighted by molar-refractivity contribution is 6.31. The summed E-state index contributed by atoms with van der Waals surface area (Å²) in [4.78, 5) is 22.3. The zero-order chi connectivity index (χ0) is 14.7. The fourth-order valence-corrected chi connectivity index (χ4v) is 2.08. The molecule has 0 aliphatic heterocycles. The third-order valence-electron chi connectivity index (χ3n) is 2.71. The topological polar surface area (TPSA) is 66.4 Å². The van der Waals surface area contributed by atoms with Crippen LogP contribution in [-0.4, -0.2) is 17.0 Å². The highest BCUT2D eigenvalue weighted by Gasteiger charge is 2.12. The molecule has 0 fully saturated rings. The number of amides is 1. The van der Waals surface area contributed by atoms with E-state index < -0.39 is 5.97 Å². The molecular formula is C15H12ClNO3. The van der Waals surface area contributed by atoms with Gasteiger partial charge in [-0.3, -0.25) is 4.79 Å². The number of anilines is 1. The van der Waals surface area contributed by atoms with Crippen molar-refractivity contribution in [3.8, 4) is 11.1 Å². The summed E-state index contributed by atoms with van der Waals surface area (Å²) in [7, 11) is 0. The van der Waals surface area contributed by atoms with Gasteiger partial charge in [0.25, 0.3) is 0 Å². The Bertz CT molecular complexity index is 683. The lowest BCUT2D eigenvalue weighted by atomic mass is 9.99.